The van der Waals surface area contributed by atoms with Crippen molar-refractivity contribution in [1.29, 1.82) is 0 Å². The smallest absolute Gasteiger partial charge is 0.191 e. The Morgan fingerprint density at radius 1 is 1.27 bits per heavy atom. The van der Waals surface area contributed by atoms with Crippen molar-refractivity contribution in [1.82, 2.24) is 10.6 Å². The lowest BCUT2D eigenvalue weighted by Crippen LogP contribution is -2.40. The van der Waals surface area contributed by atoms with Crippen LogP contribution in [0.3, 0.4) is 0 Å². The Morgan fingerprint density at radius 3 is 2.77 bits per heavy atom. The largest absolute Gasteiger partial charge is 0.353 e. The number of nitrogens with zero attached hydrogens (tertiary/aromatic N) is 1. The molecule has 2 N–H and O–H groups in total. The summed E-state index contributed by atoms with van der Waals surface area (Å²) < 4.78 is 0. The van der Waals surface area contributed by atoms with E-state index in [9.17, 15) is 0 Å². The van der Waals surface area contributed by atoms with Crippen LogP contribution in [-0.4, -0.2) is 19.0 Å². The lowest BCUT2D eigenvalue weighted by atomic mass is 10.0. The Morgan fingerprint density at radius 2 is 2.09 bits per heavy atom. The number of aryl methyl sites for hydroxylation is 1. The SMILES string of the molecule is CN=C(NC(C)c1cccs1)NC1CC1c1ccccc1C. The highest BCUT2D eigenvalue weighted by atomic mass is 32.1. The van der Waals surface area contributed by atoms with Crippen molar-refractivity contribution in [2.24, 2.45) is 4.99 Å². The number of hydrogen-bond donors (Lipinski definition) is 2. The molecular formula is C18H23N3S. The average Bonchev–Trinajstić information content (AvgIpc) is 3.05. The molecule has 1 aromatic heterocycles. The van der Waals surface area contributed by atoms with E-state index in [1.807, 2.05) is 7.05 Å². The van der Waals surface area contributed by atoms with Crippen LogP contribution in [0.1, 0.15) is 41.3 Å². The van der Waals surface area contributed by atoms with E-state index in [1.54, 1.807) is 11.3 Å². The summed E-state index contributed by atoms with van der Waals surface area (Å²) in [4.78, 5) is 5.70. The van der Waals surface area contributed by atoms with Gasteiger partial charge in [0.25, 0.3) is 0 Å². The molecule has 3 rings (SSSR count). The van der Waals surface area contributed by atoms with Crippen molar-refractivity contribution >= 4 is 17.3 Å². The monoisotopic (exact) mass is 313 g/mol. The van der Waals surface area contributed by atoms with Crippen LogP contribution in [0.25, 0.3) is 0 Å². The summed E-state index contributed by atoms with van der Waals surface area (Å²) in [7, 11) is 1.83. The number of aliphatic imine (C=N–C) groups is 1. The minimum Gasteiger partial charge on any atom is -0.353 e. The lowest BCUT2D eigenvalue weighted by molar-refractivity contribution is 0.692. The van der Waals surface area contributed by atoms with Crippen LogP contribution < -0.4 is 10.6 Å². The van der Waals surface area contributed by atoms with Crippen LogP contribution in [0.15, 0.2) is 46.8 Å². The van der Waals surface area contributed by atoms with Gasteiger partial charge in [0.2, 0.25) is 0 Å². The first-order valence-electron chi connectivity index (χ1n) is 7.78. The molecule has 3 unspecified atom stereocenters. The summed E-state index contributed by atoms with van der Waals surface area (Å²) in [6, 6.07) is 13.7. The predicted molar refractivity (Wildman–Crippen MR) is 94.7 cm³/mol. The summed E-state index contributed by atoms with van der Waals surface area (Å²) in [6.07, 6.45) is 1.18. The van der Waals surface area contributed by atoms with Crippen molar-refractivity contribution in [2.45, 2.75) is 38.3 Å². The minimum atomic E-state index is 0.280. The van der Waals surface area contributed by atoms with Crippen LogP contribution in [0.4, 0.5) is 0 Å². The van der Waals surface area contributed by atoms with Gasteiger partial charge in [-0.05, 0) is 42.8 Å². The zero-order valence-electron chi connectivity index (χ0n) is 13.3. The maximum atomic E-state index is 4.37. The quantitative estimate of drug-likeness (QED) is 0.664. The third-order valence-electron chi connectivity index (χ3n) is 4.25. The van der Waals surface area contributed by atoms with Gasteiger partial charge in [-0.3, -0.25) is 4.99 Å². The van der Waals surface area contributed by atoms with E-state index in [-0.39, 0.29) is 6.04 Å². The van der Waals surface area contributed by atoms with Gasteiger partial charge in [0.1, 0.15) is 0 Å². The molecule has 2 aromatic rings. The maximum absolute atomic E-state index is 4.37. The molecule has 0 amide bonds. The summed E-state index contributed by atoms with van der Waals surface area (Å²) in [6.45, 7) is 4.36. The molecule has 3 nitrogen and oxygen atoms in total. The van der Waals surface area contributed by atoms with Crippen LogP contribution in [0.5, 0.6) is 0 Å². The molecule has 1 aromatic carbocycles. The molecule has 1 fully saturated rings. The van der Waals surface area contributed by atoms with Gasteiger partial charge in [-0.2, -0.15) is 0 Å². The molecule has 0 spiro atoms. The van der Waals surface area contributed by atoms with Crippen molar-refractivity contribution in [2.75, 3.05) is 7.05 Å². The molecule has 1 aliphatic rings. The molecule has 22 heavy (non-hydrogen) atoms. The molecule has 0 bridgehead atoms. The first-order valence-corrected chi connectivity index (χ1v) is 8.65. The molecule has 0 saturated heterocycles. The highest BCUT2D eigenvalue weighted by Gasteiger charge is 2.39. The van der Waals surface area contributed by atoms with E-state index < -0.39 is 0 Å². The average molecular weight is 313 g/mol. The summed E-state index contributed by atoms with van der Waals surface area (Å²) >= 11 is 1.77. The van der Waals surface area contributed by atoms with E-state index in [2.05, 4.69) is 71.3 Å². The van der Waals surface area contributed by atoms with Crippen LogP contribution in [0.2, 0.25) is 0 Å². The fourth-order valence-electron chi connectivity index (χ4n) is 2.86. The topological polar surface area (TPSA) is 36.4 Å². The molecule has 3 atom stereocenters. The summed E-state index contributed by atoms with van der Waals surface area (Å²) in [5, 5.41) is 9.14. The van der Waals surface area contributed by atoms with Gasteiger partial charge in [-0.1, -0.05) is 30.3 Å². The summed E-state index contributed by atoms with van der Waals surface area (Å²) in [5.74, 6) is 1.50. The second-order valence-electron chi connectivity index (χ2n) is 5.90. The number of benzene rings is 1. The molecule has 116 valence electrons. The maximum Gasteiger partial charge on any atom is 0.191 e. The van der Waals surface area contributed by atoms with E-state index >= 15 is 0 Å². The fraction of sp³-hybridized carbons (Fsp3) is 0.389. The van der Waals surface area contributed by atoms with Crippen LogP contribution in [0, 0.1) is 6.92 Å². The molecule has 1 aliphatic carbocycles. The van der Waals surface area contributed by atoms with Crippen molar-refractivity contribution in [3.05, 3.63) is 57.8 Å². The number of nitrogens with one attached hydrogen (secondary N) is 2. The zero-order valence-corrected chi connectivity index (χ0v) is 14.2. The second kappa shape index (κ2) is 6.53. The first-order chi connectivity index (χ1) is 10.7. The molecular weight excluding hydrogens is 290 g/mol. The third kappa shape index (κ3) is 3.33. The van der Waals surface area contributed by atoms with Gasteiger partial charge in [0.15, 0.2) is 5.96 Å². The van der Waals surface area contributed by atoms with Crippen LogP contribution in [-0.2, 0) is 0 Å². The highest BCUT2D eigenvalue weighted by Crippen LogP contribution is 2.42. The first kappa shape index (κ1) is 15.1. The molecule has 0 radical (unpaired) electrons. The third-order valence-corrected chi connectivity index (χ3v) is 5.30. The minimum absolute atomic E-state index is 0.280. The number of thiophene rings is 1. The number of rotatable bonds is 4. The zero-order chi connectivity index (χ0) is 15.5. The molecule has 1 saturated carbocycles. The highest BCUT2D eigenvalue weighted by molar-refractivity contribution is 7.10. The van der Waals surface area contributed by atoms with Crippen molar-refractivity contribution in [3.8, 4) is 0 Å². The Bertz CT molecular complexity index is 648. The Hall–Kier alpha value is -1.81. The lowest BCUT2D eigenvalue weighted by Gasteiger charge is -2.17. The Labute approximate surface area is 136 Å². The Kier molecular flexibility index (Phi) is 4.48. The van der Waals surface area contributed by atoms with Gasteiger partial charge in [0.05, 0.1) is 6.04 Å². The number of guanidine groups is 1. The van der Waals surface area contributed by atoms with Crippen LogP contribution >= 0.6 is 11.3 Å². The number of hydrogen-bond acceptors (Lipinski definition) is 2. The van der Waals surface area contributed by atoms with E-state index in [4.69, 9.17) is 0 Å². The van der Waals surface area contributed by atoms with Crippen molar-refractivity contribution < 1.29 is 0 Å². The van der Waals surface area contributed by atoms with Gasteiger partial charge in [-0.25, -0.2) is 0 Å². The van der Waals surface area contributed by atoms with Gasteiger partial charge >= 0.3 is 0 Å². The fourth-order valence-corrected chi connectivity index (χ4v) is 3.60. The van der Waals surface area contributed by atoms with Gasteiger partial charge < -0.3 is 10.6 Å². The van der Waals surface area contributed by atoms with Crippen molar-refractivity contribution in [3.63, 3.8) is 0 Å². The van der Waals surface area contributed by atoms with E-state index in [0.717, 1.165) is 5.96 Å². The summed E-state index contributed by atoms with van der Waals surface area (Å²) in [5.41, 5.74) is 2.84. The second-order valence-corrected chi connectivity index (χ2v) is 6.88. The van der Waals surface area contributed by atoms with E-state index in [1.165, 1.54) is 22.4 Å². The van der Waals surface area contributed by atoms with E-state index in [0.29, 0.717) is 12.0 Å². The van der Waals surface area contributed by atoms with Gasteiger partial charge in [0, 0.05) is 23.9 Å². The Balaban J connectivity index is 1.58. The predicted octanol–water partition coefficient (Wildman–Crippen LogP) is 3.84. The molecule has 0 aliphatic heterocycles. The molecule has 4 heteroatoms. The normalized spacial score (nSPS) is 22.2. The molecule has 1 heterocycles. The van der Waals surface area contributed by atoms with Gasteiger partial charge in [-0.15, -0.1) is 11.3 Å². The standard InChI is InChI=1S/C18H23N3S/c1-12-7-4-5-8-14(12)15-11-16(15)21-18(19-3)20-13(2)17-9-6-10-22-17/h4-10,13,15-16H,11H2,1-3H3,(H2,19,20,21).